The monoisotopic (exact) mass is 298 g/mol. The molecule has 1 aromatic heterocycles. The molecular weight excluding hydrogens is 292 g/mol. The number of nitrogens with one attached hydrogen (secondary N) is 1. The van der Waals surface area contributed by atoms with E-state index in [9.17, 15) is 9.59 Å². The molecule has 1 heterocycles. The van der Waals surface area contributed by atoms with Gasteiger partial charge in [-0.05, 0) is 12.1 Å². The van der Waals surface area contributed by atoms with Gasteiger partial charge in [-0.3, -0.25) is 9.89 Å². The summed E-state index contributed by atoms with van der Waals surface area (Å²) in [7, 11) is 1.27. The maximum Gasteiger partial charge on any atom is 0.338 e. The van der Waals surface area contributed by atoms with E-state index in [1.807, 2.05) is 0 Å². The molecule has 0 aliphatic heterocycles. The molecule has 0 unspecified atom stereocenters. The number of methoxy groups -OCH3 is 1. The Morgan fingerprint density at radius 3 is 2.94 bits per heavy atom. The number of hydrogen-bond donors (Lipinski definition) is 1. The normalized spacial score (nSPS) is 10.2. The van der Waals surface area contributed by atoms with Gasteiger partial charge in [-0.1, -0.05) is 15.9 Å². The molecule has 0 saturated heterocycles. The molecule has 0 spiro atoms. The van der Waals surface area contributed by atoms with E-state index in [1.54, 1.807) is 12.1 Å². The highest BCUT2D eigenvalue weighted by Crippen LogP contribution is 2.30. The molecule has 0 aliphatic rings. The maximum atomic E-state index is 11.6. The maximum absolute atomic E-state index is 11.6. The Morgan fingerprint density at radius 1 is 1.53 bits per heavy atom. The Bertz CT molecular complexity index is 593. The summed E-state index contributed by atoms with van der Waals surface area (Å²) in [6.07, 6.45) is 0. The predicted octanol–water partition coefficient (Wildman–Crippen LogP) is 1.65. The van der Waals surface area contributed by atoms with Gasteiger partial charge in [0.25, 0.3) is 6.47 Å². The largest absolute Gasteiger partial charge is 0.465 e. The smallest absolute Gasteiger partial charge is 0.338 e. The number of halogens is 1. The molecule has 0 amide bonds. The fraction of sp³-hybridized carbons (Fsp3) is 0.100. The van der Waals surface area contributed by atoms with E-state index in [-0.39, 0.29) is 17.9 Å². The van der Waals surface area contributed by atoms with Crippen LogP contribution in [0.5, 0.6) is 5.88 Å². The molecule has 1 N–H and O–H groups in total. The van der Waals surface area contributed by atoms with Crippen molar-refractivity contribution in [2.75, 3.05) is 7.11 Å². The van der Waals surface area contributed by atoms with Crippen molar-refractivity contribution in [3.8, 4) is 5.88 Å². The van der Waals surface area contributed by atoms with Crippen LogP contribution in [0, 0.1) is 0 Å². The van der Waals surface area contributed by atoms with E-state index in [2.05, 4.69) is 35.6 Å². The van der Waals surface area contributed by atoms with Crippen LogP contribution in [0.15, 0.2) is 16.6 Å². The average Bonchev–Trinajstić information content (AvgIpc) is 2.71. The zero-order valence-electron chi connectivity index (χ0n) is 8.69. The van der Waals surface area contributed by atoms with Crippen LogP contribution in [0.3, 0.4) is 0 Å². The van der Waals surface area contributed by atoms with Crippen LogP contribution in [0.2, 0.25) is 0 Å². The second-order valence-electron chi connectivity index (χ2n) is 3.11. The summed E-state index contributed by atoms with van der Waals surface area (Å²) in [5, 5.41) is 6.87. The molecule has 6 nitrogen and oxygen atoms in total. The summed E-state index contributed by atoms with van der Waals surface area (Å²) >= 11 is 3.26. The SMILES string of the molecule is COC(=O)c1cc(Br)cc2[nH]nc(OC=O)c12. The number of aromatic amines is 1. The van der Waals surface area contributed by atoms with Gasteiger partial charge in [0.15, 0.2) is 0 Å². The third kappa shape index (κ3) is 2.01. The van der Waals surface area contributed by atoms with Gasteiger partial charge in [-0.15, -0.1) is 5.10 Å². The van der Waals surface area contributed by atoms with Crippen molar-refractivity contribution in [2.24, 2.45) is 0 Å². The Labute approximate surface area is 104 Å². The minimum atomic E-state index is -0.534. The first-order chi connectivity index (χ1) is 8.17. The Morgan fingerprint density at radius 2 is 2.29 bits per heavy atom. The Hall–Kier alpha value is -1.89. The van der Waals surface area contributed by atoms with Crippen molar-refractivity contribution < 1.29 is 19.1 Å². The lowest BCUT2D eigenvalue weighted by Crippen LogP contribution is -2.02. The Balaban J connectivity index is 2.73. The third-order valence-electron chi connectivity index (χ3n) is 2.16. The van der Waals surface area contributed by atoms with Crippen LogP contribution in [0.25, 0.3) is 10.9 Å². The highest BCUT2D eigenvalue weighted by atomic mass is 79.9. The van der Waals surface area contributed by atoms with Crippen molar-refractivity contribution in [2.45, 2.75) is 0 Å². The first-order valence-corrected chi connectivity index (χ1v) is 5.33. The first-order valence-electron chi connectivity index (χ1n) is 4.53. The number of nitrogens with zero attached hydrogens (tertiary/aromatic N) is 1. The Kier molecular flexibility index (Phi) is 3.10. The molecule has 0 fully saturated rings. The summed E-state index contributed by atoms with van der Waals surface area (Å²) in [5.74, 6) is -0.489. The van der Waals surface area contributed by atoms with Crippen LogP contribution >= 0.6 is 15.9 Å². The molecule has 0 bridgehead atoms. The second kappa shape index (κ2) is 4.54. The van der Waals surface area contributed by atoms with E-state index >= 15 is 0 Å². The second-order valence-corrected chi connectivity index (χ2v) is 4.03. The summed E-state index contributed by atoms with van der Waals surface area (Å²) in [6.45, 7) is 0.249. The molecular formula is C10H7BrN2O4. The zero-order chi connectivity index (χ0) is 12.4. The lowest BCUT2D eigenvalue weighted by Gasteiger charge is -2.02. The number of fused-ring (bicyclic) bond motifs is 1. The van der Waals surface area contributed by atoms with Gasteiger partial charge in [-0.2, -0.15) is 0 Å². The fourth-order valence-electron chi connectivity index (χ4n) is 1.49. The number of carbonyl (C=O) groups excluding carboxylic acids is 2. The van der Waals surface area contributed by atoms with Gasteiger partial charge in [-0.25, -0.2) is 4.79 Å². The molecule has 1 aromatic carbocycles. The topological polar surface area (TPSA) is 81.3 Å². The molecule has 0 atom stereocenters. The molecule has 7 heteroatoms. The summed E-state index contributed by atoms with van der Waals surface area (Å²) in [4.78, 5) is 21.9. The van der Waals surface area contributed by atoms with Gasteiger partial charge in [0.1, 0.15) is 0 Å². The lowest BCUT2D eigenvalue weighted by molar-refractivity contribution is -0.120. The van der Waals surface area contributed by atoms with Crippen molar-refractivity contribution >= 4 is 39.3 Å². The van der Waals surface area contributed by atoms with Crippen LogP contribution in [0.4, 0.5) is 0 Å². The quantitative estimate of drug-likeness (QED) is 0.688. The fourth-order valence-corrected chi connectivity index (χ4v) is 1.95. The minimum absolute atomic E-state index is 0.0444. The minimum Gasteiger partial charge on any atom is -0.465 e. The zero-order valence-corrected chi connectivity index (χ0v) is 10.3. The number of H-pyrrole nitrogens is 1. The van der Waals surface area contributed by atoms with Gasteiger partial charge >= 0.3 is 5.97 Å². The number of esters is 1. The van der Waals surface area contributed by atoms with Crippen LogP contribution in [0.1, 0.15) is 10.4 Å². The average molecular weight is 299 g/mol. The van der Waals surface area contributed by atoms with Gasteiger partial charge in [0.2, 0.25) is 5.88 Å². The highest BCUT2D eigenvalue weighted by Gasteiger charge is 2.18. The van der Waals surface area contributed by atoms with E-state index < -0.39 is 5.97 Å². The number of aromatic nitrogens is 2. The summed E-state index contributed by atoms with van der Waals surface area (Å²) in [6, 6.07) is 3.29. The number of hydrogen-bond acceptors (Lipinski definition) is 5. The molecule has 17 heavy (non-hydrogen) atoms. The summed E-state index contributed by atoms with van der Waals surface area (Å²) in [5.41, 5.74) is 0.833. The molecule has 0 saturated carbocycles. The van der Waals surface area contributed by atoms with Crippen molar-refractivity contribution in [1.29, 1.82) is 0 Å². The summed E-state index contributed by atoms with van der Waals surface area (Å²) < 4.78 is 10.0. The molecule has 2 aromatic rings. The highest BCUT2D eigenvalue weighted by molar-refractivity contribution is 9.10. The van der Waals surface area contributed by atoms with Crippen molar-refractivity contribution in [3.63, 3.8) is 0 Å². The number of rotatable bonds is 3. The first kappa shape index (κ1) is 11.6. The van der Waals surface area contributed by atoms with E-state index in [1.165, 1.54) is 7.11 Å². The lowest BCUT2D eigenvalue weighted by atomic mass is 10.1. The molecule has 0 radical (unpaired) electrons. The van der Waals surface area contributed by atoms with Crippen LogP contribution < -0.4 is 4.74 Å². The van der Waals surface area contributed by atoms with E-state index in [0.29, 0.717) is 15.4 Å². The number of carbonyl (C=O) groups is 2. The van der Waals surface area contributed by atoms with Gasteiger partial charge in [0.05, 0.1) is 23.6 Å². The number of ether oxygens (including phenoxy) is 2. The van der Waals surface area contributed by atoms with E-state index in [0.717, 1.165) is 0 Å². The standard InChI is InChI=1S/C10H7BrN2O4/c1-16-10(15)6-2-5(11)3-7-8(6)9(13-12-7)17-4-14/h2-4H,1H3,(H,12,13). The predicted molar refractivity (Wildman–Crippen MR) is 61.8 cm³/mol. The van der Waals surface area contributed by atoms with Gasteiger partial charge in [0, 0.05) is 4.47 Å². The van der Waals surface area contributed by atoms with Crippen molar-refractivity contribution in [1.82, 2.24) is 10.2 Å². The van der Waals surface area contributed by atoms with Crippen molar-refractivity contribution in [3.05, 3.63) is 22.2 Å². The van der Waals surface area contributed by atoms with E-state index in [4.69, 9.17) is 0 Å². The van der Waals surface area contributed by atoms with Crippen LogP contribution in [-0.2, 0) is 9.53 Å². The number of benzene rings is 1. The molecule has 2 rings (SSSR count). The third-order valence-corrected chi connectivity index (χ3v) is 2.62. The van der Waals surface area contributed by atoms with Gasteiger partial charge < -0.3 is 9.47 Å². The molecule has 88 valence electrons. The molecule has 0 aliphatic carbocycles. The van der Waals surface area contributed by atoms with Crippen LogP contribution in [-0.4, -0.2) is 29.7 Å².